The highest BCUT2D eigenvalue weighted by Gasteiger charge is 2.41. The molecule has 0 saturated carbocycles. The van der Waals surface area contributed by atoms with Crippen molar-refractivity contribution in [3.05, 3.63) is 255 Å². The predicted octanol–water partition coefficient (Wildman–Crippen LogP) is 12.6. The van der Waals surface area contributed by atoms with Gasteiger partial charge in [0.25, 0.3) is 0 Å². The van der Waals surface area contributed by atoms with Crippen molar-refractivity contribution in [2.75, 3.05) is 0 Å². The molecule has 0 fully saturated rings. The van der Waals surface area contributed by atoms with Gasteiger partial charge in [0.1, 0.15) is 0 Å². The highest BCUT2D eigenvalue weighted by atomic mass is 28.3. The zero-order valence-electron chi connectivity index (χ0n) is 42.9. The van der Waals surface area contributed by atoms with Crippen molar-refractivity contribution in [1.29, 1.82) is 0 Å². The molecular weight excluding hydrogens is 777 g/mol. The Kier molecular flexibility index (Phi) is 6.87. The lowest BCUT2D eigenvalue weighted by molar-refractivity contribution is 1.17. The average Bonchev–Trinajstić information content (AvgIpc) is 3.95. The molecule has 296 valence electrons. The maximum atomic E-state index is 9.98. The summed E-state index contributed by atoms with van der Waals surface area (Å²) in [7, 11) is -3.89. The summed E-state index contributed by atoms with van der Waals surface area (Å²) < 4.78 is 86.5. The quantitative estimate of drug-likeness (QED) is 0.107. The van der Waals surface area contributed by atoms with Crippen LogP contribution in [0.25, 0.3) is 77.2 Å². The van der Waals surface area contributed by atoms with Gasteiger partial charge in [-0.3, -0.25) is 0 Å². The van der Waals surface area contributed by atoms with E-state index < -0.39 is 50.4 Å². The first-order valence-electron chi connectivity index (χ1n) is 25.5. The van der Waals surface area contributed by atoms with Gasteiger partial charge in [0.15, 0.2) is 8.07 Å². The van der Waals surface area contributed by atoms with Crippen LogP contribution in [0.15, 0.2) is 255 Å². The molecule has 0 aliphatic heterocycles. The van der Waals surface area contributed by atoms with Gasteiger partial charge in [-0.15, -0.1) is 0 Å². The third-order valence-corrected chi connectivity index (χ3v) is 17.0. The Morgan fingerprint density at radius 3 is 1.52 bits per heavy atom. The van der Waals surface area contributed by atoms with Crippen LogP contribution in [0, 0.1) is 0 Å². The summed E-state index contributed by atoms with van der Waals surface area (Å²) in [6, 6.07) is 63.4. The van der Waals surface area contributed by atoms with Gasteiger partial charge in [0.2, 0.25) is 0 Å². The molecule has 0 saturated heterocycles. The van der Waals surface area contributed by atoms with Crippen LogP contribution in [-0.2, 0) is 0 Å². The fourth-order valence-corrected chi connectivity index (χ4v) is 14.3. The molecule has 0 spiro atoms. The maximum absolute atomic E-state index is 9.98. The molecule has 10 aromatic carbocycles. The molecule has 12 rings (SSSR count). The second kappa shape index (κ2) is 15.2. The Hall–Kier alpha value is -7.98. The van der Waals surface area contributed by atoms with Gasteiger partial charge in [-0.2, -0.15) is 0 Å². The highest BCUT2D eigenvalue weighted by Crippen LogP contribution is 2.42. The van der Waals surface area contributed by atoms with E-state index in [0.717, 1.165) is 76.3 Å². The molecule has 0 radical (unpaired) electrons. The van der Waals surface area contributed by atoms with Gasteiger partial charge in [0, 0.05) is 27.2 Å². The zero-order valence-corrected chi connectivity index (χ0v) is 34.9. The van der Waals surface area contributed by atoms with Gasteiger partial charge in [-0.25, -0.2) is 0 Å². The summed E-state index contributed by atoms with van der Waals surface area (Å²) in [6.07, 6.45) is 0. The topological polar surface area (TPSA) is 9.86 Å². The molecule has 2 aromatic heterocycles. The first-order valence-corrected chi connectivity index (χ1v) is 23.0. The van der Waals surface area contributed by atoms with Crippen LogP contribution in [0.2, 0.25) is 0 Å². The Bertz CT molecular complexity index is 4060. The number of fused-ring (bicyclic) bond motifs is 6. The molecule has 3 heteroatoms. The molecule has 2 heterocycles. The Morgan fingerprint density at radius 1 is 0.333 bits per heavy atom. The molecule has 0 bridgehead atoms. The number of benzene rings is 10. The second-order valence-corrected chi connectivity index (χ2v) is 19.5. The molecule has 63 heavy (non-hydrogen) atoms. The monoisotopic (exact) mass is 827 g/mol. The van der Waals surface area contributed by atoms with Crippen LogP contribution >= 0.6 is 0 Å². The molecule has 2 nitrogen and oxygen atoms in total. The average molecular weight is 828 g/mol. The van der Waals surface area contributed by atoms with Gasteiger partial charge in [0.05, 0.1) is 40.1 Å². The van der Waals surface area contributed by atoms with Crippen LogP contribution < -0.4 is 20.7 Å². The van der Waals surface area contributed by atoms with E-state index in [1.54, 1.807) is 0 Å². The lowest BCUT2D eigenvalue weighted by Crippen LogP contribution is -2.74. The molecule has 12 aromatic rings. The second-order valence-electron chi connectivity index (χ2n) is 15.7. The molecule has 0 atom stereocenters. The largest absolute Gasteiger partial charge is 0.309 e. The van der Waals surface area contributed by atoms with Gasteiger partial charge in [-0.1, -0.05) is 212 Å². The molecule has 0 aliphatic carbocycles. The van der Waals surface area contributed by atoms with Crippen LogP contribution in [-0.4, -0.2) is 17.2 Å². The minimum absolute atomic E-state index is 0.189. The van der Waals surface area contributed by atoms with E-state index >= 15 is 0 Å². The predicted molar refractivity (Wildman–Crippen MR) is 270 cm³/mol. The van der Waals surface area contributed by atoms with Crippen molar-refractivity contribution >= 4 is 72.4 Å². The van der Waals surface area contributed by atoms with E-state index in [9.17, 15) is 5.48 Å². The number of rotatable bonds is 8. The molecule has 0 amide bonds. The number of hydrogen-bond acceptors (Lipinski definition) is 0. The standard InChI is InChI=1S/C60H42N2Si/c1-5-20-43(21-6-1)44-38-40-49(41-39-44)63(47-25-9-3-10-26-47,48-27-11-4-12-28-48)50-29-17-24-46(42-50)61-54-33-15-14-31-53(54)60-57(61)36-19-37-58(60)62-55-34-16-13-30-52(55)59-51(32-18-35-56(59)62)45-22-7-2-8-23-45/h1-42H/i1D,5D,6D,20D,21D,38D,39D,40D,41D. The van der Waals surface area contributed by atoms with Crippen molar-refractivity contribution in [2.45, 2.75) is 0 Å². The molecular formula is C60H42N2Si. The summed E-state index contributed by atoms with van der Waals surface area (Å²) in [4.78, 5) is 0. The Morgan fingerprint density at radius 2 is 0.841 bits per heavy atom. The van der Waals surface area contributed by atoms with Crippen LogP contribution in [0.5, 0.6) is 0 Å². The summed E-state index contributed by atoms with van der Waals surface area (Å²) in [6.45, 7) is 0. The van der Waals surface area contributed by atoms with Crippen molar-refractivity contribution < 1.29 is 12.3 Å². The third kappa shape index (κ3) is 5.85. The number of aromatic nitrogens is 2. The molecule has 0 aliphatic rings. The molecule has 0 unspecified atom stereocenters. The van der Waals surface area contributed by atoms with Gasteiger partial charge in [-0.05, 0) is 85.5 Å². The van der Waals surface area contributed by atoms with Crippen molar-refractivity contribution in [3.63, 3.8) is 0 Å². The smallest absolute Gasteiger partial charge is 0.179 e. The maximum Gasteiger partial charge on any atom is 0.179 e. The zero-order chi connectivity index (χ0) is 49.6. The normalized spacial score (nSPS) is 13.8. The Labute approximate surface area is 380 Å². The van der Waals surface area contributed by atoms with Crippen molar-refractivity contribution in [1.82, 2.24) is 9.13 Å². The number of nitrogens with zero attached hydrogens (tertiary/aromatic N) is 2. The van der Waals surface area contributed by atoms with E-state index in [-0.39, 0.29) is 28.4 Å². The summed E-state index contributed by atoms with van der Waals surface area (Å²) in [5.41, 5.74) is 7.55. The lowest BCUT2D eigenvalue weighted by Gasteiger charge is -2.35. The summed E-state index contributed by atoms with van der Waals surface area (Å²) in [5, 5.41) is 7.05. The minimum Gasteiger partial charge on any atom is -0.309 e. The first-order chi connectivity index (χ1) is 35.0. The molecule has 0 N–H and O–H groups in total. The fraction of sp³-hybridized carbons (Fsp3) is 0. The number of hydrogen-bond donors (Lipinski definition) is 0. The SMILES string of the molecule is [2H]c1c([2H])c([2H])c(-c2c([2H])c([2H])c([Si](c3ccccc3)(c3ccccc3)c3cccc(-n4c5ccccc5c5c(-n6c7ccccc7c7c(-c8ccccc8)cccc76)cccc54)c3)c([2H])c2[2H])c([2H])c1[2H]. The first kappa shape index (κ1) is 28.5. The lowest BCUT2D eigenvalue weighted by atomic mass is 9.99. The van der Waals surface area contributed by atoms with Crippen LogP contribution in [0.4, 0.5) is 0 Å². The highest BCUT2D eigenvalue weighted by molar-refractivity contribution is 7.19. The van der Waals surface area contributed by atoms with Crippen LogP contribution in [0.1, 0.15) is 12.3 Å². The minimum atomic E-state index is -3.89. The van der Waals surface area contributed by atoms with E-state index in [1.165, 1.54) is 5.39 Å². The van der Waals surface area contributed by atoms with Gasteiger partial charge >= 0.3 is 0 Å². The van der Waals surface area contributed by atoms with Gasteiger partial charge < -0.3 is 9.13 Å². The van der Waals surface area contributed by atoms with Crippen molar-refractivity contribution in [3.8, 4) is 33.6 Å². The van der Waals surface area contributed by atoms with E-state index in [2.05, 4.69) is 124 Å². The van der Waals surface area contributed by atoms with E-state index in [4.69, 9.17) is 6.85 Å². The van der Waals surface area contributed by atoms with Crippen LogP contribution in [0.3, 0.4) is 0 Å². The third-order valence-electron chi connectivity index (χ3n) is 12.4. The van der Waals surface area contributed by atoms with E-state index in [0.29, 0.717) is 0 Å². The van der Waals surface area contributed by atoms with Crippen molar-refractivity contribution in [2.24, 2.45) is 0 Å². The Balaban J connectivity index is 1.15. The fourth-order valence-electron chi connectivity index (χ4n) is 9.79. The summed E-state index contributed by atoms with van der Waals surface area (Å²) in [5.74, 6) is 0. The van der Waals surface area contributed by atoms with E-state index in [1.807, 2.05) is 84.9 Å². The summed E-state index contributed by atoms with van der Waals surface area (Å²) >= 11 is 0. The number of para-hydroxylation sites is 2.